The van der Waals surface area contributed by atoms with Crippen molar-refractivity contribution in [3.63, 3.8) is 0 Å². The summed E-state index contributed by atoms with van der Waals surface area (Å²) < 4.78 is 16.9. The minimum Gasteiger partial charge on any atom is -0.493 e. The second-order valence-electron chi connectivity index (χ2n) is 5.74. The first kappa shape index (κ1) is 13.4. The van der Waals surface area contributed by atoms with E-state index >= 15 is 0 Å². The molecule has 0 amide bonds. The predicted molar refractivity (Wildman–Crippen MR) is 75.2 cm³/mol. The van der Waals surface area contributed by atoms with Crippen LogP contribution in [0.25, 0.3) is 0 Å². The molecule has 1 aliphatic rings. The number of ether oxygens (including phenoxy) is 2. The fraction of sp³-hybridized carbons (Fsp3) is 0.571. The fourth-order valence-corrected chi connectivity index (χ4v) is 3.66. The molecule has 0 saturated heterocycles. The zero-order chi connectivity index (χ0) is 13.3. The van der Waals surface area contributed by atoms with Crippen molar-refractivity contribution in [3.8, 4) is 11.5 Å². The van der Waals surface area contributed by atoms with Gasteiger partial charge in [-0.2, -0.15) is 0 Å². The smallest absolute Gasteiger partial charge is 0.184 e. The van der Waals surface area contributed by atoms with E-state index in [-0.39, 0.29) is 0 Å². The molecule has 0 N–H and O–H groups in total. The summed E-state index contributed by atoms with van der Waals surface area (Å²) in [5.74, 6) is 1.62. The van der Waals surface area contributed by atoms with Crippen LogP contribution < -0.4 is 9.47 Å². The van der Waals surface area contributed by atoms with Crippen molar-refractivity contribution in [3.05, 3.63) is 23.3 Å². The average molecular weight is 266 g/mol. The third-order valence-electron chi connectivity index (χ3n) is 3.12. The van der Waals surface area contributed by atoms with Crippen LogP contribution in [0, 0.1) is 0 Å². The van der Waals surface area contributed by atoms with Crippen LogP contribution in [0.15, 0.2) is 12.1 Å². The number of hydrogen-bond acceptors (Lipinski definition) is 3. The van der Waals surface area contributed by atoms with Gasteiger partial charge in [0.2, 0.25) is 0 Å². The highest BCUT2D eigenvalue weighted by molar-refractivity contribution is 6.69. The first-order valence-electron chi connectivity index (χ1n) is 6.34. The van der Waals surface area contributed by atoms with Crippen molar-refractivity contribution in [2.75, 3.05) is 14.2 Å². The molecule has 100 valence electrons. The van der Waals surface area contributed by atoms with E-state index < -0.39 is 8.32 Å². The third-order valence-corrected chi connectivity index (χ3v) is 4.16. The average Bonchev–Trinajstić information content (AvgIpc) is 2.65. The van der Waals surface area contributed by atoms with E-state index in [1.165, 1.54) is 11.1 Å². The van der Waals surface area contributed by atoms with E-state index in [1.54, 1.807) is 14.2 Å². The second kappa shape index (κ2) is 4.94. The number of methoxy groups -OCH3 is 2. The van der Waals surface area contributed by atoms with Gasteiger partial charge in [0.15, 0.2) is 19.8 Å². The predicted octanol–water partition coefficient (Wildman–Crippen LogP) is 3.02. The molecule has 0 radical (unpaired) electrons. The Bertz CT molecular complexity index is 404. The quantitative estimate of drug-likeness (QED) is 0.784. The third kappa shape index (κ3) is 2.87. The first-order valence-corrected chi connectivity index (χ1v) is 9.75. The van der Waals surface area contributed by atoms with E-state index in [0.717, 1.165) is 24.3 Å². The molecule has 0 fully saturated rings. The van der Waals surface area contributed by atoms with Crippen molar-refractivity contribution in [1.29, 1.82) is 0 Å². The Morgan fingerprint density at radius 3 is 1.72 bits per heavy atom. The van der Waals surface area contributed by atoms with E-state index in [1.807, 2.05) is 0 Å². The molecule has 0 spiro atoms. The topological polar surface area (TPSA) is 27.7 Å². The molecule has 0 saturated carbocycles. The normalized spacial score (nSPS) is 15.6. The first-order chi connectivity index (χ1) is 8.43. The second-order valence-corrected chi connectivity index (χ2v) is 10.2. The van der Waals surface area contributed by atoms with Crippen LogP contribution >= 0.6 is 0 Å². The highest BCUT2D eigenvalue weighted by Crippen LogP contribution is 2.36. The zero-order valence-electron chi connectivity index (χ0n) is 11.9. The molecule has 0 bridgehead atoms. The van der Waals surface area contributed by atoms with Gasteiger partial charge in [0, 0.05) is 0 Å². The van der Waals surface area contributed by atoms with Gasteiger partial charge in [0.1, 0.15) is 0 Å². The summed E-state index contributed by atoms with van der Waals surface area (Å²) in [6.45, 7) is 6.70. The summed E-state index contributed by atoms with van der Waals surface area (Å²) in [7, 11) is 1.88. The molecule has 2 rings (SSSR count). The Morgan fingerprint density at radius 1 is 0.944 bits per heavy atom. The van der Waals surface area contributed by atoms with Gasteiger partial charge < -0.3 is 13.9 Å². The minimum absolute atomic E-state index is 0.323. The van der Waals surface area contributed by atoms with Gasteiger partial charge >= 0.3 is 0 Å². The summed E-state index contributed by atoms with van der Waals surface area (Å²) in [5.41, 5.74) is 2.66. The van der Waals surface area contributed by atoms with Crippen LogP contribution in [0.2, 0.25) is 19.6 Å². The lowest BCUT2D eigenvalue weighted by Gasteiger charge is -2.22. The molecule has 0 heterocycles. The Balaban J connectivity index is 2.19. The van der Waals surface area contributed by atoms with Crippen molar-refractivity contribution in [2.45, 2.75) is 38.6 Å². The minimum atomic E-state index is -1.47. The van der Waals surface area contributed by atoms with Gasteiger partial charge in [0.25, 0.3) is 0 Å². The van der Waals surface area contributed by atoms with Gasteiger partial charge in [-0.1, -0.05) is 0 Å². The Morgan fingerprint density at radius 2 is 1.39 bits per heavy atom. The number of hydrogen-bond donors (Lipinski definition) is 0. The van der Waals surface area contributed by atoms with Crippen molar-refractivity contribution in [2.24, 2.45) is 0 Å². The van der Waals surface area contributed by atoms with Crippen molar-refractivity contribution in [1.82, 2.24) is 0 Å². The van der Waals surface area contributed by atoms with E-state index in [4.69, 9.17) is 13.9 Å². The highest BCUT2D eigenvalue weighted by atomic mass is 28.4. The molecule has 1 aromatic rings. The molecule has 4 heteroatoms. The lowest BCUT2D eigenvalue weighted by atomic mass is 10.1. The van der Waals surface area contributed by atoms with Gasteiger partial charge in [0.05, 0.1) is 20.3 Å². The van der Waals surface area contributed by atoms with Crippen LogP contribution in [0.5, 0.6) is 11.5 Å². The SMILES string of the molecule is COc1cc2c(cc1OC)CC(O[Si](C)(C)C)C2. The molecular formula is C14H22O3Si. The molecular weight excluding hydrogens is 244 g/mol. The zero-order valence-corrected chi connectivity index (χ0v) is 12.9. The van der Waals surface area contributed by atoms with Crippen molar-refractivity contribution < 1.29 is 13.9 Å². The van der Waals surface area contributed by atoms with E-state index in [0.29, 0.717) is 6.10 Å². The molecule has 1 aromatic carbocycles. The molecule has 1 aliphatic carbocycles. The molecule has 3 nitrogen and oxygen atoms in total. The lowest BCUT2D eigenvalue weighted by molar-refractivity contribution is 0.206. The largest absolute Gasteiger partial charge is 0.493 e. The van der Waals surface area contributed by atoms with Crippen LogP contribution in [0.3, 0.4) is 0 Å². The van der Waals surface area contributed by atoms with E-state index in [2.05, 4.69) is 31.8 Å². The van der Waals surface area contributed by atoms with E-state index in [9.17, 15) is 0 Å². The maximum atomic E-state index is 6.19. The van der Waals surface area contributed by atoms with Gasteiger partial charge in [-0.05, 0) is 55.7 Å². The summed E-state index contributed by atoms with van der Waals surface area (Å²) in [6, 6.07) is 4.17. The Kier molecular flexibility index (Phi) is 3.68. The summed E-state index contributed by atoms with van der Waals surface area (Å²) in [4.78, 5) is 0. The van der Waals surface area contributed by atoms with Crippen LogP contribution in [-0.4, -0.2) is 28.6 Å². The van der Waals surface area contributed by atoms with Gasteiger partial charge in [-0.3, -0.25) is 0 Å². The fourth-order valence-electron chi connectivity index (χ4n) is 2.49. The summed E-state index contributed by atoms with van der Waals surface area (Å²) >= 11 is 0. The van der Waals surface area contributed by atoms with Crippen LogP contribution in [-0.2, 0) is 17.3 Å². The highest BCUT2D eigenvalue weighted by Gasteiger charge is 2.28. The molecule has 0 aliphatic heterocycles. The van der Waals surface area contributed by atoms with Crippen molar-refractivity contribution >= 4 is 8.32 Å². The Hall–Kier alpha value is -1.00. The molecule has 0 unspecified atom stereocenters. The summed E-state index contributed by atoms with van der Waals surface area (Å²) in [5, 5.41) is 0. The standard InChI is InChI=1S/C14H22O3Si/c1-15-13-8-10-6-12(17-18(3,4)5)7-11(10)9-14(13)16-2/h8-9,12H,6-7H2,1-5H3. The summed E-state index contributed by atoms with van der Waals surface area (Å²) in [6.07, 6.45) is 2.29. The van der Waals surface area contributed by atoms with Crippen LogP contribution in [0.4, 0.5) is 0 Å². The maximum Gasteiger partial charge on any atom is 0.184 e. The van der Waals surface area contributed by atoms with Crippen LogP contribution in [0.1, 0.15) is 11.1 Å². The number of fused-ring (bicyclic) bond motifs is 1. The Labute approximate surface area is 110 Å². The number of benzene rings is 1. The number of rotatable bonds is 4. The lowest BCUT2D eigenvalue weighted by Crippen LogP contribution is -2.32. The maximum absolute atomic E-state index is 6.19. The monoisotopic (exact) mass is 266 g/mol. The molecule has 18 heavy (non-hydrogen) atoms. The van der Waals surface area contributed by atoms with Gasteiger partial charge in [-0.15, -0.1) is 0 Å². The van der Waals surface area contributed by atoms with Gasteiger partial charge in [-0.25, -0.2) is 0 Å². The molecule has 0 aromatic heterocycles. The molecule has 0 atom stereocenters.